The number of hydrazone groups is 1. The Morgan fingerprint density at radius 2 is 1.94 bits per heavy atom. The predicted octanol–water partition coefficient (Wildman–Crippen LogP) is 3.49. The highest BCUT2D eigenvalue weighted by molar-refractivity contribution is 14.1. The third-order valence-corrected chi connectivity index (χ3v) is 4.64. The fourth-order valence-corrected chi connectivity index (χ4v) is 3.28. The number of hydrogen-bond donors (Lipinski definition) is 2. The van der Waals surface area contributed by atoms with Crippen LogP contribution >= 0.6 is 22.6 Å². The normalized spacial score (nSPS) is 10.5. The van der Waals surface area contributed by atoms with Crippen LogP contribution in [0, 0.1) is 3.57 Å². The predicted molar refractivity (Wildman–Crippen MR) is 127 cm³/mol. The molecule has 0 atom stereocenters. The Kier molecular flexibility index (Phi) is 9.79. The number of hydrogen-bond acceptors (Lipinski definition) is 7. The van der Waals surface area contributed by atoms with Crippen LogP contribution in [0.15, 0.2) is 48.1 Å². The zero-order valence-electron chi connectivity index (χ0n) is 17.6. The van der Waals surface area contributed by atoms with Crippen molar-refractivity contribution in [2.24, 2.45) is 5.10 Å². The maximum Gasteiger partial charge on any atom is 0.341 e. The Labute approximate surface area is 199 Å². The summed E-state index contributed by atoms with van der Waals surface area (Å²) in [6, 6.07) is 8.17. The van der Waals surface area contributed by atoms with E-state index in [0.717, 1.165) is 0 Å². The van der Waals surface area contributed by atoms with Crippen molar-refractivity contribution >= 4 is 40.7 Å². The van der Waals surface area contributed by atoms with Gasteiger partial charge in [0, 0.05) is 5.56 Å². The lowest BCUT2D eigenvalue weighted by atomic mass is 10.2. The van der Waals surface area contributed by atoms with E-state index in [1.165, 1.54) is 13.3 Å². The van der Waals surface area contributed by atoms with E-state index in [4.69, 9.17) is 24.1 Å². The van der Waals surface area contributed by atoms with Gasteiger partial charge in [-0.1, -0.05) is 12.7 Å². The number of amides is 1. The monoisotopic (exact) mass is 554 g/mol. The summed E-state index contributed by atoms with van der Waals surface area (Å²) in [5.74, 6) is 0.103. The zero-order chi connectivity index (χ0) is 23.5. The summed E-state index contributed by atoms with van der Waals surface area (Å²) in [5, 5.41) is 12.8. The number of carbonyl (C=O) groups is 2. The van der Waals surface area contributed by atoms with E-state index < -0.39 is 18.5 Å². The second-order valence-electron chi connectivity index (χ2n) is 6.11. The summed E-state index contributed by atoms with van der Waals surface area (Å²) in [6.07, 6.45) is 3.06. The van der Waals surface area contributed by atoms with E-state index in [1.807, 2.05) is 29.5 Å². The number of nitrogens with zero attached hydrogens (tertiary/aromatic N) is 1. The van der Waals surface area contributed by atoms with Gasteiger partial charge in [0.2, 0.25) is 0 Å². The SMILES string of the molecule is C=CCOc1ccc(C(=O)N/N=C/c2cc(I)c(OCC(=O)O)c(OC)c2)cc1OCC. The quantitative estimate of drug-likeness (QED) is 0.179. The number of methoxy groups -OCH3 is 1. The molecule has 0 aliphatic heterocycles. The molecule has 0 fully saturated rings. The van der Waals surface area contributed by atoms with Crippen molar-refractivity contribution < 1.29 is 33.6 Å². The van der Waals surface area contributed by atoms with Gasteiger partial charge in [-0.15, -0.1) is 0 Å². The van der Waals surface area contributed by atoms with Crippen LogP contribution in [0.5, 0.6) is 23.0 Å². The van der Waals surface area contributed by atoms with E-state index >= 15 is 0 Å². The summed E-state index contributed by atoms with van der Waals surface area (Å²) >= 11 is 2.00. The molecule has 0 bridgehead atoms. The maximum absolute atomic E-state index is 12.5. The van der Waals surface area contributed by atoms with Gasteiger partial charge < -0.3 is 24.1 Å². The molecule has 170 valence electrons. The molecule has 0 unspecified atom stereocenters. The summed E-state index contributed by atoms with van der Waals surface area (Å²) in [5.41, 5.74) is 3.43. The second-order valence-corrected chi connectivity index (χ2v) is 7.27. The maximum atomic E-state index is 12.5. The third kappa shape index (κ3) is 7.15. The molecular weight excluding hydrogens is 531 g/mol. The van der Waals surface area contributed by atoms with Gasteiger partial charge in [0.05, 0.1) is 23.5 Å². The van der Waals surface area contributed by atoms with Crippen LogP contribution in [0.2, 0.25) is 0 Å². The van der Waals surface area contributed by atoms with E-state index in [1.54, 1.807) is 36.4 Å². The molecule has 2 rings (SSSR count). The number of nitrogens with one attached hydrogen (secondary N) is 1. The first-order valence-electron chi connectivity index (χ1n) is 9.45. The topological polar surface area (TPSA) is 116 Å². The van der Waals surface area contributed by atoms with Crippen molar-refractivity contribution in [3.05, 3.63) is 57.7 Å². The molecule has 32 heavy (non-hydrogen) atoms. The van der Waals surface area contributed by atoms with E-state index in [2.05, 4.69) is 17.1 Å². The van der Waals surface area contributed by atoms with Crippen molar-refractivity contribution in [3.8, 4) is 23.0 Å². The molecule has 0 aromatic heterocycles. The number of aliphatic carboxylic acids is 1. The summed E-state index contributed by atoms with van der Waals surface area (Å²) in [4.78, 5) is 23.2. The molecule has 10 heteroatoms. The molecule has 0 aliphatic carbocycles. The largest absolute Gasteiger partial charge is 0.493 e. The first-order chi connectivity index (χ1) is 15.4. The van der Waals surface area contributed by atoms with Crippen molar-refractivity contribution in [1.82, 2.24) is 5.43 Å². The number of carbonyl (C=O) groups excluding carboxylic acids is 1. The third-order valence-electron chi connectivity index (χ3n) is 3.83. The molecule has 0 radical (unpaired) electrons. The molecule has 9 nitrogen and oxygen atoms in total. The molecule has 2 aromatic rings. The van der Waals surface area contributed by atoms with Crippen LogP contribution in [0.3, 0.4) is 0 Å². The van der Waals surface area contributed by atoms with Gasteiger partial charge in [-0.2, -0.15) is 5.10 Å². The number of halogens is 1. The number of carboxylic acid groups (broad SMARTS) is 1. The van der Waals surface area contributed by atoms with Crippen molar-refractivity contribution in [2.75, 3.05) is 26.9 Å². The summed E-state index contributed by atoms with van der Waals surface area (Å²) in [7, 11) is 1.44. The lowest BCUT2D eigenvalue weighted by Gasteiger charge is -2.12. The van der Waals surface area contributed by atoms with Gasteiger partial charge in [-0.25, -0.2) is 10.2 Å². The first kappa shape index (κ1) is 25.0. The lowest BCUT2D eigenvalue weighted by molar-refractivity contribution is -0.139. The van der Waals surface area contributed by atoms with Crippen LogP contribution in [-0.4, -0.2) is 50.1 Å². The summed E-state index contributed by atoms with van der Waals surface area (Å²) < 4.78 is 22.2. The van der Waals surface area contributed by atoms with Crippen molar-refractivity contribution in [3.63, 3.8) is 0 Å². The average molecular weight is 554 g/mol. The first-order valence-corrected chi connectivity index (χ1v) is 10.5. The Hall–Kier alpha value is -3.28. The van der Waals surface area contributed by atoms with Crippen LogP contribution in [-0.2, 0) is 4.79 Å². The van der Waals surface area contributed by atoms with Crippen LogP contribution in [0.4, 0.5) is 0 Å². The highest BCUT2D eigenvalue weighted by atomic mass is 127. The minimum atomic E-state index is -1.09. The fourth-order valence-electron chi connectivity index (χ4n) is 2.50. The minimum absolute atomic E-state index is 0.318. The number of carboxylic acids is 1. The molecule has 0 heterocycles. The minimum Gasteiger partial charge on any atom is -0.493 e. The second kappa shape index (κ2) is 12.5. The van der Waals surface area contributed by atoms with Crippen molar-refractivity contribution in [1.29, 1.82) is 0 Å². The Morgan fingerprint density at radius 3 is 2.59 bits per heavy atom. The van der Waals surface area contributed by atoms with E-state index in [0.29, 0.717) is 50.9 Å². The number of benzene rings is 2. The molecule has 0 saturated heterocycles. The molecular formula is C22H23IN2O7. The van der Waals surface area contributed by atoms with Crippen LogP contribution in [0.25, 0.3) is 0 Å². The molecule has 1 amide bonds. The van der Waals surface area contributed by atoms with Gasteiger partial charge in [0.1, 0.15) is 6.61 Å². The number of rotatable bonds is 12. The van der Waals surface area contributed by atoms with Crippen molar-refractivity contribution in [2.45, 2.75) is 6.92 Å². The highest BCUT2D eigenvalue weighted by Crippen LogP contribution is 2.33. The van der Waals surface area contributed by atoms with Gasteiger partial charge in [0.25, 0.3) is 5.91 Å². The Balaban J connectivity index is 2.12. The summed E-state index contributed by atoms with van der Waals surface area (Å²) in [6.45, 7) is 5.69. The van der Waals surface area contributed by atoms with Crippen LogP contribution in [0.1, 0.15) is 22.8 Å². The van der Waals surface area contributed by atoms with Gasteiger partial charge >= 0.3 is 5.97 Å². The lowest BCUT2D eigenvalue weighted by Crippen LogP contribution is -2.18. The Bertz CT molecular complexity index is 1010. The number of ether oxygens (including phenoxy) is 4. The fraction of sp³-hybridized carbons (Fsp3) is 0.227. The average Bonchev–Trinajstić information content (AvgIpc) is 2.77. The van der Waals surface area contributed by atoms with Gasteiger partial charge in [-0.3, -0.25) is 4.79 Å². The molecule has 0 aliphatic rings. The van der Waals surface area contributed by atoms with Crippen LogP contribution < -0.4 is 24.4 Å². The molecule has 2 N–H and O–H groups in total. The molecule has 2 aromatic carbocycles. The van der Waals surface area contributed by atoms with E-state index in [-0.39, 0.29) is 0 Å². The highest BCUT2D eigenvalue weighted by Gasteiger charge is 2.13. The standard InChI is InChI=1S/C22H23IN2O7/c1-4-8-31-17-7-6-15(11-18(17)30-5-2)22(28)25-24-12-14-9-16(23)21(19(10-14)29-3)32-13-20(26)27/h4,6-7,9-12H,1,5,8,13H2,2-3H3,(H,25,28)(H,26,27)/b24-12+. The molecule has 0 spiro atoms. The smallest absolute Gasteiger partial charge is 0.341 e. The molecule has 0 saturated carbocycles. The zero-order valence-corrected chi connectivity index (χ0v) is 19.7. The Morgan fingerprint density at radius 1 is 1.16 bits per heavy atom. The van der Waals surface area contributed by atoms with Gasteiger partial charge in [-0.05, 0) is 65.4 Å². The van der Waals surface area contributed by atoms with Gasteiger partial charge in [0.15, 0.2) is 29.6 Å². The van der Waals surface area contributed by atoms with E-state index in [9.17, 15) is 9.59 Å².